The number of carbonyl (C=O) groups is 3. The van der Waals surface area contributed by atoms with E-state index in [4.69, 9.17) is 23.7 Å². The molecule has 186 valence electrons. The number of rotatable bonds is 8. The van der Waals surface area contributed by atoms with E-state index in [1.165, 1.54) is 13.8 Å². The van der Waals surface area contributed by atoms with Gasteiger partial charge in [-0.1, -0.05) is 26.8 Å². The molecule has 2 saturated heterocycles. The van der Waals surface area contributed by atoms with E-state index >= 15 is 0 Å². The highest BCUT2D eigenvalue weighted by Crippen LogP contribution is 2.65. The molecule has 2 heterocycles. The lowest BCUT2D eigenvalue weighted by Gasteiger charge is -2.47. The molecule has 1 N–H and O–H groups in total. The molecule has 9 nitrogen and oxygen atoms in total. The summed E-state index contributed by atoms with van der Waals surface area (Å²) in [7, 11) is 0. The Morgan fingerprint density at radius 1 is 1.15 bits per heavy atom. The Labute approximate surface area is 194 Å². The predicted molar refractivity (Wildman–Crippen MR) is 116 cm³/mol. The van der Waals surface area contributed by atoms with Crippen LogP contribution >= 0.6 is 0 Å². The topological polar surface area (TPSA) is 121 Å². The monoisotopic (exact) mass is 468 g/mol. The first-order valence-electron chi connectivity index (χ1n) is 11.5. The van der Waals surface area contributed by atoms with E-state index in [1.807, 2.05) is 33.8 Å². The first-order valence-corrected chi connectivity index (χ1v) is 11.5. The molecule has 0 aromatic carbocycles. The van der Waals surface area contributed by atoms with Gasteiger partial charge in [-0.05, 0) is 25.3 Å². The van der Waals surface area contributed by atoms with Gasteiger partial charge in [-0.25, -0.2) is 0 Å². The van der Waals surface area contributed by atoms with Crippen molar-refractivity contribution in [2.75, 3.05) is 13.2 Å². The van der Waals surface area contributed by atoms with Crippen LogP contribution in [0.5, 0.6) is 0 Å². The molecule has 2 bridgehead atoms. The summed E-state index contributed by atoms with van der Waals surface area (Å²) in [6.45, 7) is 12.3. The van der Waals surface area contributed by atoms with Crippen LogP contribution in [0.1, 0.15) is 54.9 Å². The van der Waals surface area contributed by atoms with E-state index < -0.39 is 59.4 Å². The van der Waals surface area contributed by atoms with Crippen molar-refractivity contribution < 1.29 is 43.2 Å². The van der Waals surface area contributed by atoms with Crippen molar-refractivity contribution in [3.63, 3.8) is 0 Å². The second kappa shape index (κ2) is 9.35. The van der Waals surface area contributed by atoms with Crippen LogP contribution in [0.2, 0.25) is 0 Å². The van der Waals surface area contributed by atoms with Crippen molar-refractivity contribution in [2.24, 2.45) is 17.3 Å². The van der Waals surface area contributed by atoms with Gasteiger partial charge < -0.3 is 28.8 Å². The highest BCUT2D eigenvalue weighted by atomic mass is 16.7. The molecule has 2 aliphatic heterocycles. The van der Waals surface area contributed by atoms with Crippen molar-refractivity contribution in [3.05, 3.63) is 11.6 Å². The van der Waals surface area contributed by atoms with Gasteiger partial charge in [0.05, 0.1) is 24.7 Å². The molecule has 8 atom stereocenters. The van der Waals surface area contributed by atoms with Gasteiger partial charge in [0.25, 0.3) is 0 Å². The van der Waals surface area contributed by atoms with Crippen molar-refractivity contribution in [3.8, 4) is 0 Å². The molecule has 3 aliphatic rings. The Morgan fingerprint density at radius 3 is 2.30 bits per heavy atom. The van der Waals surface area contributed by atoms with Crippen molar-refractivity contribution in [1.29, 1.82) is 0 Å². The molecule has 0 radical (unpaired) electrons. The van der Waals surface area contributed by atoms with Gasteiger partial charge in [0.2, 0.25) is 0 Å². The Balaban J connectivity index is 1.92. The third kappa shape index (κ3) is 4.68. The summed E-state index contributed by atoms with van der Waals surface area (Å²) >= 11 is 0. The highest BCUT2D eigenvalue weighted by Gasteiger charge is 2.81. The fraction of sp³-hybridized carbons (Fsp3) is 0.792. The third-order valence-electron chi connectivity index (χ3n) is 7.22. The highest BCUT2D eigenvalue weighted by molar-refractivity contribution is 5.70. The largest absolute Gasteiger partial charge is 0.465 e. The van der Waals surface area contributed by atoms with E-state index in [9.17, 15) is 19.5 Å². The summed E-state index contributed by atoms with van der Waals surface area (Å²) in [5.74, 6) is -1.55. The summed E-state index contributed by atoms with van der Waals surface area (Å²) in [5.41, 5.74) is -0.931. The quantitative estimate of drug-likeness (QED) is 0.246. The van der Waals surface area contributed by atoms with Crippen LogP contribution in [-0.2, 0) is 38.1 Å². The van der Waals surface area contributed by atoms with Crippen LogP contribution in [-0.4, -0.2) is 72.3 Å². The molecule has 3 rings (SSSR count). The van der Waals surface area contributed by atoms with E-state index in [2.05, 4.69) is 0 Å². The SMILES string of the molecule is CC(=O)OC[C@@H]1[C@@H](C=C(C)[C@H](C)OC(=O)CC(C)C)O[C@@H]2[C@H](O)[C@@H](OC(C)=O)C1(C)C21CO1. The molecule has 1 saturated carbocycles. The Hall–Kier alpha value is -1.97. The zero-order valence-electron chi connectivity index (χ0n) is 20.5. The summed E-state index contributed by atoms with van der Waals surface area (Å²) in [6.07, 6.45) is -1.61. The normalized spacial score (nSPS) is 38.2. The molecule has 33 heavy (non-hydrogen) atoms. The minimum Gasteiger partial charge on any atom is -0.465 e. The van der Waals surface area contributed by atoms with E-state index in [0.29, 0.717) is 13.0 Å². The Kier molecular flexibility index (Phi) is 7.27. The van der Waals surface area contributed by atoms with Crippen LogP contribution in [0.3, 0.4) is 0 Å². The van der Waals surface area contributed by atoms with Gasteiger partial charge in [-0.15, -0.1) is 0 Å². The summed E-state index contributed by atoms with van der Waals surface area (Å²) < 4.78 is 28.6. The number of esters is 3. The second-order valence-corrected chi connectivity index (χ2v) is 10.1. The number of aliphatic hydroxyl groups is 1. The molecule has 2 unspecified atom stereocenters. The zero-order chi connectivity index (χ0) is 24.7. The lowest BCUT2D eigenvalue weighted by molar-refractivity contribution is -0.184. The maximum absolute atomic E-state index is 12.1. The zero-order valence-corrected chi connectivity index (χ0v) is 20.5. The minimum absolute atomic E-state index is 0.00981. The lowest BCUT2D eigenvalue weighted by atomic mass is 9.64. The Bertz CT molecular complexity index is 815. The third-order valence-corrected chi connectivity index (χ3v) is 7.22. The molecule has 9 heteroatoms. The fourth-order valence-electron chi connectivity index (χ4n) is 5.28. The van der Waals surface area contributed by atoms with Gasteiger partial charge in [0, 0.05) is 26.2 Å². The molecule has 0 aromatic rings. The number of carbonyl (C=O) groups excluding carboxylic acids is 3. The van der Waals surface area contributed by atoms with Crippen molar-refractivity contribution in [1.82, 2.24) is 0 Å². The fourth-order valence-corrected chi connectivity index (χ4v) is 5.28. The Morgan fingerprint density at radius 2 is 1.79 bits per heavy atom. The number of aliphatic hydroxyl groups excluding tert-OH is 1. The van der Waals surface area contributed by atoms with Gasteiger partial charge in [0.15, 0.2) is 0 Å². The summed E-state index contributed by atoms with van der Waals surface area (Å²) in [6, 6.07) is 0. The smallest absolute Gasteiger partial charge is 0.306 e. The lowest BCUT2D eigenvalue weighted by Crippen LogP contribution is -2.58. The van der Waals surface area contributed by atoms with Crippen molar-refractivity contribution >= 4 is 17.9 Å². The molecule has 1 spiro atoms. The maximum atomic E-state index is 12.1. The van der Waals surface area contributed by atoms with Crippen LogP contribution in [0.15, 0.2) is 11.6 Å². The van der Waals surface area contributed by atoms with Crippen molar-refractivity contribution in [2.45, 2.75) is 91.0 Å². The van der Waals surface area contributed by atoms with Gasteiger partial charge in [0.1, 0.15) is 30.0 Å². The first kappa shape index (κ1) is 25.6. The molecule has 0 amide bonds. The molecule has 0 aromatic heterocycles. The average molecular weight is 469 g/mol. The van der Waals surface area contributed by atoms with Crippen LogP contribution in [0, 0.1) is 17.3 Å². The number of ether oxygens (including phenoxy) is 5. The molecule has 1 aliphatic carbocycles. The van der Waals surface area contributed by atoms with Gasteiger partial charge in [-0.2, -0.15) is 0 Å². The minimum atomic E-state index is -1.10. The predicted octanol–water partition coefficient (Wildman–Crippen LogP) is 1.94. The molecular formula is C24H36O9. The van der Waals surface area contributed by atoms with E-state index in [1.54, 1.807) is 6.92 Å². The average Bonchev–Trinajstić information content (AvgIpc) is 3.47. The van der Waals surface area contributed by atoms with Gasteiger partial charge in [-0.3, -0.25) is 14.4 Å². The van der Waals surface area contributed by atoms with Crippen LogP contribution in [0.25, 0.3) is 0 Å². The maximum Gasteiger partial charge on any atom is 0.306 e. The van der Waals surface area contributed by atoms with Crippen LogP contribution in [0.4, 0.5) is 0 Å². The molecular weight excluding hydrogens is 432 g/mol. The molecule has 3 fully saturated rings. The summed E-state index contributed by atoms with van der Waals surface area (Å²) in [5, 5.41) is 11.0. The number of epoxide rings is 1. The first-order chi connectivity index (χ1) is 15.3. The number of hydrogen-bond donors (Lipinski definition) is 1. The standard InChI is InChI=1S/C24H36O9/c1-12(2)8-19(27)31-14(4)13(3)9-18-17(10-29-15(5)25)23(7)21(32-16(6)26)20(28)22(33-18)24(23)11-30-24/h9,12,14,17-18,20-22,28H,8,10-11H2,1-7H3/t14-,17+,18+,20+,21+,22+,23?,24?/m0/s1. The van der Waals surface area contributed by atoms with Crippen LogP contribution < -0.4 is 0 Å². The summed E-state index contributed by atoms with van der Waals surface area (Å²) in [4.78, 5) is 35.6. The van der Waals surface area contributed by atoms with E-state index in [0.717, 1.165) is 5.57 Å². The van der Waals surface area contributed by atoms with E-state index in [-0.39, 0.29) is 18.5 Å². The van der Waals surface area contributed by atoms with Gasteiger partial charge >= 0.3 is 17.9 Å². The number of hydrogen-bond acceptors (Lipinski definition) is 9. The second-order valence-electron chi connectivity index (χ2n) is 10.1.